The van der Waals surface area contributed by atoms with E-state index in [0.717, 1.165) is 20.8 Å². The van der Waals surface area contributed by atoms with Gasteiger partial charge in [-0.3, -0.25) is 4.72 Å². The van der Waals surface area contributed by atoms with E-state index < -0.39 is 10.0 Å². The first-order valence-electron chi connectivity index (χ1n) is 8.91. The van der Waals surface area contributed by atoms with E-state index in [2.05, 4.69) is 19.9 Å². The predicted octanol–water partition coefficient (Wildman–Crippen LogP) is 4.26. The van der Waals surface area contributed by atoms with Crippen LogP contribution in [0, 0.1) is 6.92 Å². The van der Waals surface area contributed by atoms with E-state index in [1.54, 1.807) is 48.5 Å². The Morgan fingerprint density at radius 1 is 1.03 bits per heavy atom. The number of aromatic nitrogens is 3. The third kappa shape index (κ3) is 4.20. The largest absolute Gasteiger partial charge is 0.477 e. The highest BCUT2D eigenvalue weighted by atomic mass is 32.2. The molecule has 9 heteroatoms. The zero-order chi connectivity index (χ0) is 20.4. The van der Waals surface area contributed by atoms with Crippen LogP contribution in [-0.2, 0) is 10.0 Å². The molecule has 0 saturated heterocycles. The number of nitrogens with zero attached hydrogens (tertiary/aromatic N) is 3. The van der Waals surface area contributed by atoms with Crippen LogP contribution in [0.3, 0.4) is 0 Å². The Bertz CT molecular complexity index is 1250. The standard InChI is InChI=1S/C20H18N4O3S2/c1-3-27-20-11-10-17(22-23-20)14-4-6-15(7-5-14)24-29(25,26)16-8-9-18-19(12-16)28-13(2)21-18/h4-12,24H,3H2,1-2H3. The molecule has 0 unspecified atom stereocenters. The zero-order valence-electron chi connectivity index (χ0n) is 15.8. The first-order valence-corrected chi connectivity index (χ1v) is 11.2. The topological polar surface area (TPSA) is 94.1 Å². The van der Waals surface area contributed by atoms with Gasteiger partial charge in [-0.1, -0.05) is 12.1 Å². The van der Waals surface area contributed by atoms with Crippen LogP contribution >= 0.6 is 11.3 Å². The van der Waals surface area contributed by atoms with Crippen LogP contribution in [-0.4, -0.2) is 30.2 Å². The monoisotopic (exact) mass is 426 g/mol. The maximum atomic E-state index is 12.7. The molecule has 1 N–H and O–H groups in total. The molecule has 0 aliphatic heterocycles. The van der Waals surface area contributed by atoms with Crippen molar-refractivity contribution < 1.29 is 13.2 Å². The minimum atomic E-state index is -3.70. The molecule has 0 spiro atoms. The van der Waals surface area contributed by atoms with Gasteiger partial charge < -0.3 is 4.74 Å². The second kappa shape index (κ2) is 7.76. The quantitative estimate of drug-likeness (QED) is 0.495. The number of nitrogens with one attached hydrogen (secondary N) is 1. The molecule has 0 atom stereocenters. The summed E-state index contributed by atoms with van der Waals surface area (Å²) >= 11 is 1.47. The summed E-state index contributed by atoms with van der Waals surface area (Å²) in [5.74, 6) is 0.466. The Kier molecular flexibility index (Phi) is 5.16. The number of aryl methyl sites for hydroxylation is 1. The molecule has 148 valence electrons. The van der Waals surface area contributed by atoms with E-state index in [1.807, 2.05) is 19.9 Å². The summed E-state index contributed by atoms with van der Waals surface area (Å²) in [4.78, 5) is 4.56. The molecule has 2 aromatic heterocycles. The number of fused-ring (bicyclic) bond motifs is 1. The lowest BCUT2D eigenvalue weighted by molar-refractivity contribution is 0.323. The molecule has 0 saturated carbocycles. The van der Waals surface area contributed by atoms with E-state index in [9.17, 15) is 8.42 Å². The van der Waals surface area contributed by atoms with Crippen molar-refractivity contribution in [3.05, 3.63) is 59.6 Å². The summed E-state index contributed by atoms with van der Waals surface area (Å²) in [6.45, 7) is 4.30. The first kappa shape index (κ1) is 19.3. The van der Waals surface area contributed by atoms with Gasteiger partial charge in [-0.15, -0.1) is 21.5 Å². The zero-order valence-corrected chi connectivity index (χ0v) is 17.4. The van der Waals surface area contributed by atoms with Gasteiger partial charge in [-0.05, 0) is 50.2 Å². The fraction of sp³-hybridized carbons (Fsp3) is 0.150. The minimum Gasteiger partial charge on any atom is -0.477 e. The average molecular weight is 427 g/mol. The van der Waals surface area contributed by atoms with Crippen LogP contribution < -0.4 is 9.46 Å². The summed E-state index contributed by atoms with van der Waals surface area (Å²) in [6, 6.07) is 15.5. The van der Waals surface area contributed by atoms with Gasteiger partial charge in [0.2, 0.25) is 5.88 Å². The van der Waals surface area contributed by atoms with Gasteiger partial charge in [-0.2, -0.15) is 0 Å². The normalized spacial score (nSPS) is 11.5. The summed E-state index contributed by atoms with van der Waals surface area (Å²) < 4.78 is 34.2. The van der Waals surface area contributed by atoms with Gasteiger partial charge in [0.15, 0.2) is 0 Å². The summed E-state index contributed by atoms with van der Waals surface area (Å²) in [5.41, 5.74) is 2.76. The third-order valence-electron chi connectivity index (χ3n) is 4.14. The molecule has 29 heavy (non-hydrogen) atoms. The van der Waals surface area contributed by atoms with Crippen molar-refractivity contribution >= 4 is 37.3 Å². The lowest BCUT2D eigenvalue weighted by atomic mass is 10.1. The lowest BCUT2D eigenvalue weighted by Gasteiger charge is -2.09. The van der Waals surface area contributed by atoms with Gasteiger partial charge in [0.25, 0.3) is 10.0 Å². The Hall–Kier alpha value is -3.04. The van der Waals surface area contributed by atoms with Gasteiger partial charge in [0.1, 0.15) is 0 Å². The van der Waals surface area contributed by atoms with Crippen molar-refractivity contribution in [1.29, 1.82) is 0 Å². The molecule has 4 aromatic rings. The maximum absolute atomic E-state index is 12.7. The number of ether oxygens (including phenoxy) is 1. The molecule has 2 aromatic carbocycles. The van der Waals surface area contributed by atoms with Crippen LogP contribution in [0.15, 0.2) is 59.5 Å². The Labute approximate surface area is 172 Å². The molecule has 4 rings (SSSR count). The number of benzene rings is 2. The molecule has 0 bridgehead atoms. The van der Waals surface area contributed by atoms with Gasteiger partial charge in [0, 0.05) is 17.3 Å². The molecular weight excluding hydrogens is 408 g/mol. The molecule has 2 heterocycles. The number of hydrogen-bond acceptors (Lipinski definition) is 7. The van der Waals surface area contributed by atoms with E-state index in [4.69, 9.17) is 4.74 Å². The molecule has 0 amide bonds. The SMILES string of the molecule is CCOc1ccc(-c2ccc(NS(=O)(=O)c3ccc4nc(C)sc4c3)cc2)nn1. The van der Waals surface area contributed by atoms with E-state index in [1.165, 1.54) is 11.3 Å². The van der Waals surface area contributed by atoms with Gasteiger partial charge >= 0.3 is 0 Å². The highest BCUT2D eigenvalue weighted by molar-refractivity contribution is 7.92. The van der Waals surface area contributed by atoms with E-state index in [-0.39, 0.29) is 4.90 Å². The average Bonchev–Trinajstić information content (AvgIpc) is 3.08. The summed E-state index contributed by atoms with van der Waals surface area (Å²) in [7, 11) is -3.70. The fourth-order valence-corrected chi connectivity index (χ4v) is 4.83. The molecule has 7 nitrogen and oxygen atoms in total. The fourth-order valence-electron chi connectivity index (χ4n) is 2.81. The smallest absolute Gasteiger partial charge is 0.261 e. The molecule has 0 radical (unpaired) electrons. The molecular formula is C20H18N4O3S2. The van der Waals surface area contributed by atoms with Gasteiger partial charge in [0.05, 0.1) is 32.4 Å². The van der Waals surface area contributed by atoms with Crippen LogP contribution in [0.5, 0.6) is 5.88 Å². The summed E-state index contributed by atoms with van der Waals surface area (Å²) in [6.07, 6.45) is 0. The van der Waals surface area contributed by atoms with Gasteiger partial charge in [-0.25, -0.2) is 13.4 Å². The van der Waals surface area contributed by atoms with Crippen molar-refractivity contribution in [2.45, 2.75) is 18.7 Å². The molecule has 0 aliphatic rings. The summed E-state index contributed by atoms with van der Waals surface area (Å²) in [5, 5.41) is 9.04. The predicted molar refractivity (Wildman–Crippen MR) is 114 cm³/mol. The Morgan fingerprint density at radius 2 is 1.83 bits per heavy atom. The number of rotatable bonds is 6. The maximum Gasteiger partial charge on any atom is 0.261 e. The van der Waals surface area contributed by atoms with Crippen LogP contribution in [0.1, 0.15) is 11.9 Å². The third-order valence-corrected chi connectivity index (χ3v) is 6.45. The second-order valence-electron chi connectivity index (χ2n) is 6.24. The van der Waals surface area contributed by atoms with Crippen LogP contribution in [0.25, 0.3) is 21.5 Å². The van der Waals surface area contributed by atoms with Crippen molar-refractivity contribution in [2.24, 2.45) is 0 Å². The highest BCUT2D eigenvalue weighted by Crippen LogP contribution is 2.26. The molecule has 0 fully saturated rings. The minimum absolute atomic E-state index is 0.204. The van der Waals surface area contributed by atoms with Crippen molar-refractivity contribution in [2.75, 3.05) is 11.3 Å². The lowest BCUT2D eigenvalue weighted by Crippen LogP contribution is -2.12. The van der Waals surface area contributed by atoms with Crippen molar-refractivity contribution in [3.8, 4) is 17.1 Å². The number of anilines is 1. The number of hydrogen-bond donors (Lipinski definition) is 1. The second-order valence-corrected chi connectivity index (χ2v) is 9.15. The van der Waals surface area contributed by atoms with Crippen molar-refractivity contribution in [3.63, 3.8) is 0 Å². The highest BCUT2D eigenvalue weighted by Gasteiger charge is 2.16. The Morgan fingerprint density at radius 3 is 2.52 bits per heavy atom. The molecule has 0 aliphatic carbocycles. The van der Waals surface area contributed by atoms with E-state index in [0.29, 0.717) is 23.9 Å². The van der Waals surface area contributed by atoms with Crippen LogP contribution in [0.4, 0.5) is 5.69 Å². The van der Waals surface area contributed by atoms with Crippen LogP contribution in [0.2, 0.25) is 0 Å². The Balaban J connectivity index is 1.53. The van der Waals surface area contributed by atoms with E-state index >= 15 is 0 Å². The first-order chi connectivity index (χ1) is 13.9. The number of sulfonamides is 1. The number of thiazole rings is 1. The van der Waals surface area contributed by atoms with Crippen molar-refractivity contribution in [1.82, 2.24) is 15.2 Å².